The highest BCUT2D eigenvalue weighted by Crippen LogP contribution is 2.37. The Morgan fingerprint density at radius 3 is 1.70 bits per heavy atom. The third kappa shape index (κ3) is 7.67. The topological polar surface area (TPSA) is 55.8 Å². The van der Waals surface area contributed by atoms with Crippen molar-refractivity contribution in [1.29, 1.82) is 0 Å². The van der Waals surface area contributed by atoms with Crippen LogP contribution >= 0.6 is 0 Å². The fourth-order valence-electron chi connectivity index (χ4n) is 1.15. The van der Waals surface area contributed by atoms with E-state index in [4.69, 9.17) is 9.47 Å². The second kappa shape index (κ2) is 15.3. The average molecular weight is 286 g/mol. The standard InChI is InChI=1S/C10H12O4.3C2H6/c1-6(11)7-4-8(12)10(14-3)9(5-7)13-2;3*1-2/h4-5,12H,1-3H3;3*1-2H3. The van der Waals surface area contributed by atoms with Crippen molar-refractivity contribution < 1.29 is 19.4 Å². The van der Waals surface area contributed by atoms with E-state index in [0.29, 0.717) is 11.3 Å². The molecule has 0 atom stereocenters. The molecule has 1 N–H and O–H groups in total. The zero-order valence-corrected chi connectivity index (χ0v) is 14.3. The minimum absolute atomic E-state index is 0.1000. The Labute approximate surface area is 123 Å². The second-order valence-electron chi connectivity index (χ2n) is 2.79. The summed E-state index contributed by atoms with van der Waals surface area (Å²) in [5, 5.41) is 9.49. The van der Waals surface area contributed by atoms with Gasteiger partial charge in [0.15, 0.2) is 17.3 Å². The summed E-state index contributed by atoms with van der Waals surface area (Å²) in [7, 11) is 2.87. The van der Waals surface area contributed by atoms with E-state index in [1.807, 2.05) is 41.5 Å². The molecule has 1 rings (SSSR count). The number of carbonyl (C=O) groups excluding carboxylic acids is 1. The molecule has 1 aromatic rings. The summed E-state index contributed by atoms with van der Waals surface area (Å²) in [6.07, 6.45) is 0. The van der Waals surface area contributed by atoms with Crippen molar-refractivity contribution in [3.05, 3.63) is 17.7 Å². The van der Waals surface area contributed by atoms with Gasteiger partial charge < -0.3 is 14.6 Å². The molecule has 0 unspecified atom stereocenters. The lowest BCUT2D eigenvalue weighted by Crippen LogP contribution is -1.96. The van der Waals surface area contributed by atoms with Gasteiger partial charge in [-0.15, -0.1) is 0 Å². The summed E-state index contributed by atoms with van der Waals surface area (Å²) in [6, 6.07) is 2.88. The normalized spacial score (nSPS) is 7.65. The van der Waals surface area contributed by atoms with Gasteiger partial charge in [-0.3, -0.25) is 4.79 Å². The number of ether oxygens (including phenoxy) is 2. The van der Waals surface area contributed by atoms with E-state index in [9.17, 15) is 9.90 Å². The van der Waals surface area contributed by atoms with Crippen molar-refractivity contribution in [3.63, 3.8) is 0 Å². The van der Waals surface area contributed by atoms with Crippen LogP contribution in [-0.2, 0) is 0 Å². The van der Waals surface area contributed by atoms with Crippen LogP contribution in [0.4, 0.5) is 0 Å². The predicted molar refractivity (Wildman–Crippen MR) is 85.3 cm³/mol. The van der Waals surface area contributed by atoms with Crippen LogP contribution in [-0.4, -0.2) is 25.1 Å². The molecule has 4 nitrogen and oxygen atoms in total. The summed E-state index contributed by atoms with van der Waals surface area (Å²) < 4.78 is 9.89. The maximum absolute atomic E-state index is 11.1. The van der Waals surface area contributed by atoms with Gasteiger partial charge in [0, 0.05) is 5.56 Å². The molecule has 0 aromatic heterocycles. The molecule has 118 valence electrons. The highest BCUT2D eigenvalue weighted by molar-refractivity contribution is 5.95. The smallest absolute Gasteiger partial charge is 0.203 e. The van der Waals surface area contributed by atoms with Crippen molar-refractivity contribution in [3.8, 4) is 17.2 Å². The van der Waals surface area contributed by atoms with E-state index in [1.54, 1.807) is 0 Å². The Bertz CT molecular complexity index is 360. The number of methoxy groups -OCH3 is 2. The van der Waals surface area contributed by atoms with Crippen LogP contribution in [0.5, 0.6) is 17.2 Å². The fraction of sp³-hybridized carbons (Fsp3) is 0.562. The number of hydrogen-bond acceptors (Lipinski definition) is 4. The van der Waals surface area contributed by atoms with Crippen molar-refractivity contribution >= 4 is 5.78 Å². The molecule has 0 radical (unpaired) electrons. The molecule has 0 saturated carbocycles. The van der Waals surface area contributed by atoms with E-state index in [-0.39, 0.29) is 17.3 Å². The number of hydrogen-bond donors (Lipinski definition) is 1. The molecule has 20 heavy (non-hydrogen) atoms. The van der Waals surface area contributed by atoms with Crippen molar-refractivity contribution in [2.75, 3.05) is 14.2 Å². The van der Waals surface area contributed by atoms with Crippen LogP contribution in [0.15, 0.2) is 12.1 Å². The number of Topliss-reactive ketones (excluding diaryl/α,β-unsaturated/α-hetero) is 1. The summed E-state index contributed by atoms with van der Waals surface area (Å²) in [6.45, 7) is 13.4. The van der Waals surface area contributed by atoms with Crippen LogP contribution in [0.2, 0.25) is 0 Å². The van der Waals surface area contributed by atoms with Crippen LogP contribution < -0.4 is 9.47 Å². The van der Waals surface area contributed by atoms with Gasteiger partial charge in [-0.05, 0) is 19.1 Å². The summed E-state index contributed by atoms with van der Waals surface area (Å²) >= 11 is 0. The first-order valence-electron chi connectivity index (χ1n) is 7.06. The molecule has 0 spiro atoms. The molecule has 1 aromatic carbocycles. The Kier molecular flexibility index (Phi) is 17.9. The molecule has 0 aliphatic rings. The van der Waals surface area contributed by atoms with Crippen molar-refractivity contribution in [1.82, 2.24) is 0 Å². The minimum atomic E-state index is -0.138. The SMILES string of the molecule is CC.CC.CC.COc1cc(C(C)=O)cc(O)c1OC. The molecular weight excluding hydrogens is 256 g/mol. The average Bonchev–Trinajstić information content (AvgIpc) is 2.52. The van der Waals surface area contributed by atoms with Gasteiger partial charge in [0.05, 0.1) is 14.2 Å². The number of carbonyl (C=O) groups is 1. The molecular formula is C16H30O4. The lowest BCUT2D eigenvalue weighted by molar-refractivity contribution is 0.101. The molecule has 4 heteroatoms. The first-order chi connectivity index (χ1) is 9.60. The monoisotopic (exact) mass is 286 g/mol. The molecule has 0 heterocycles. The van der Waals surface area contributed by atoms with Crippen LogP contribution in [0, 0.1) is 0 Å². The number of phenolic OH excluding ortho intramolecular Hbond substituents is 1. The van der Waals surface area contributed by atoms with Crippen LogP contribution in [0.1, 0.15) is 58.8 Å². The summed E-state index contributed by atoms with van der Waals surface area (Å²) in [4.78, 5) is 11.1. The van der Waals surface area contributed by atoms with E-state index in [0.717, 1.165) is 0 Å². The van der Waals surface area contributed by atoms with E-state index >= 15 is 0 Å². The number of ketones is 1. The number of benzene rings is 1. The van der Waals surface area contributed by atoms with Gasteiger partial charge in [0.25, 0.3) is 0 Å². The van der Waals surface area contributed by atoms with E-state index in [1.165, 1.54) is 33.3 Å². The van der Waals surface area contributed by atoms with Gasteiger partial charge in [-0.25, -0.2) is 0 Å². The Hall–Kier alpha value is -1.71. The summed E-state index contributed by atoms with van der Waals surface area (Å²) in [5.74, 6) is 0.341. The quantitative estimate of drug-likeness (QED) is 0.819. The second-order valence-corrected chi connectivity index (χ2v) is 2.79. The highest BCUT2D eigenvalue weighted by atomic mass is 16.5. The van der Waals surface area contributed by atoms with Gasteiger partial charge >= 0.3 is 0 Å². The molecule has 0 bridgehead atoms. The molecule has 0 fully saturated rings. The van der Waals surface area contributed by atoms with Gasteiger partial charge in [-0.2, -0.15) is 0 Å². The molecule has 0 saturated heterocycles. The largest absolute Gasteiger partial charge is 0.504 e. The Morgan fingerprint density at radius 2 is 1.40 bits per heavy atom. The Morgan fingerprint density at radius 1 is 0.950 bits per heavy atom. The van der Waals surface area contributed by atoms with E-state index in [2.05, 4.69) is 0 Å². The molecule has 0 aliphatic carbocycles. The maximum atomic E-state index is 11.1. The third-order valence-corrected chi connectivity index (χ3v) is 1.87. The fourth-order valence-corrected chi connectivity index (χ4v) is 1.15. The number of aromatic hydroxyl groups is 1. The lowest BCUT2D eigenvalue weighted by Gasteiger charge is -2.10. The van der Waals surface area contributed by atoms with E-state index < -0.39 is 0 Å². The zero-order valence-electron chi connectivity index (χ0n) is 14.3. The van der Waals surface area contributed by atoms with Gasteiger partial charge in [0.1, 0.15) is 0 Å². The highest BCUT2D eigenvalue weighted by Gasteiger charge is 2.13. The predicted octanol–water partition coefficient (Wildman–Crippen LogP) is 4.69. The van der Waals surface area contributed by atoms with Gasteiger partial charge in [-0.1, -0.05) is 41.5 Å². The molecule has 0 aliphatic heterocycles. The maximum Gasteiger partial charge on any atom is 0.203 e. The third-order valence-electron chi connectivity index (χ3n) is 1.87. The van der Waals surface area contributed by atoms with Crippen LogP contribution in [0.3, 0.4) is 0 Å². The van der Waals surface area contributed by atoms with Crippen molar-refractivity contribution in [2.24, 2.45) is 0 Å². The number of phenols is 1. The number of rotatable bonds is 3. The first-order valence-corrected chi connectivity index (χ1v) is 7.06. The van der Waals surface area contributed by atoms with Crippen LogP contribution in [0.25, 0.3) is 0 Å². The Balaban J connectivity index is -0.000000425. The first kappa shape index (κ1) is 23.4. The lowest BCUT2D eigenvalue weighted by atomic mass is 10.1. The minimum Gasteiger partial charge on any atom is -0.504 e. The summed E-state index contributed by atoms with van der Waals surface area (Å²) in [5.41, 5.74) is 0.389. The van der Waals surface area contributed by atoms with Gasteiger partial charge in [0.2, 0.25) is 5.75 Å². The van der Waals surface area contributed by atoms with Crippen molar-refractivity contribution in [2.45, 2.75) is 48.5 Å². The zero-order chi connectivity index (χ0) is 16.7. The molecule has 0 amide bonds.